The van der Waals surface area contributed by atoms with Crippen molar-refractivity contribution in [2.75, 3.05) is 38.2 Å². The zero-order valence-electron chi connectivity index (χ0n) is 7.47. The highest BCUT2D eigenvalue weighted by atomic mass is 32.2. The van der Waals surface area contributed by atoms with Gasteiger partial charge < -0.3 is 5.32 Å². The van der Waals surface area contributed by atoms with Crippen molar-refractivity contribution in [2.45, 2.75) is 13.0 Å². The molecule has 2 nitrogen and oxygen atoms in total. The SMILES string of the molecule is CCN(CCSC)C1CNC1. The molecule has 1 N–H and O–H groups in total. The summed E-state index contributed by atoms with van der Waals surface area (Å²) in [7, 11) is 0. The molecule has 0 aromatic carbocycles. The van der Waals surface area contributed by atoms with E-state index >= 15 is 0 Å². The Labute approximate surface area is 73.7 Å². The van der Waals surface area contributed by atoms with Crippen molar-refractivity contribution in [3.05, 3.63) is 0 Å². The van der Waals surface area contributed by atoms with Crippen molar-refractivity contribution in [3.8, 4) is 0 Å². The fraction of sp³-hybridized carbons (Fsp3) is 1.00. The third kappa shape index (κ3) is 2.65. The molecule has 1 heterocycles. The topological polar surface area (TPSA) is 15.3 Å². The third-order valence-corrected chi connectivity index (χ3v) is 2.86. The Morgan fingerprint density at radius 3 is 2.64 bits per heavy atom. The van der Waals surface area contributed by atoms with Crippen LogP contribution in [-0.2, 0) is 0 Å². The van der Waals surface area contributed by atoms with E-state index in [0.29, 0.717) is 0 Å². The summed E-state index contributed by atoms with van der Waals surface area (Å²) in [5.41, 5.74) is 0. The second kappa shape index (κ2) is 5.01. The van der Waals surface area contributed by atoms with Gasteiger partial charge in [0.25, 0.3) is 0 Å². The van der Waals surface area contributed by atoms with E-state index in [-0.39, 0.29) is 0 Å². The maximum Gasteiger partial charge on any atom is 0.0345 e. The molecule has 1 saturated heterocycles. The minimum Gasteiger partial charge on any atom is -0.314 e. The molecule has 0 spiro atoms. The molecule has 0 amide bonds. The molecular weight excluding hydrogens is 156 g/mol. The highest BCUT2D eigenvalue weighted by molar-refractivity contribution is 7.98. The van der Waals surface area contributed by atoms with Gasteiger partial charge in [-0.2, -0.15) is 11.8 Å². The fourth-order valence-electron chi connectivity index (χ4n) is 1.34. The largest absolute Gasteiger partial charge is 0.314 e. The van der Waals surface area contributed by atoms with E-state index in [2.05, 4.69) is 23.4 Å². The summed E-state index contributed by atoms with van der Waals surface area (Å²) >= 11 is 1.94. The van der Waals surface area contributed by atoms with Crippen LogP contribution in [0.1, 0.15) is 6.92 Å². The molecule has 0 radical (unpaired) electrons. The molecule has 0 aromatic rings. The normalized spacial score (nSPS) is 18.8. The van der Waals surface area contributed by atoms with E-state index in [1.54, 1.807) is 0 Å². The maximum atomic E-state index is 3.30. The number of rotatable bonds is 5. The molecule has 0 unspecified atom stereocenters. The van der Waals surface area contributed by atoms with E-state index in [0.717, 1.165) is 6.04 Å². The van der Waals surface area contributed by atoms with Crippen molar-refractivity contribution < 1.29 is 0 Å². The van der Waals surface area contributed by atoms with Crippen LogP contribution >= 0.6 is 11.8 Å². The first-order valence-corrected chi connectivity index (χ1v) is 5.71. The standard InChI is InChI=1S/C8H18N2S/c1-3-10(4-5-11-2)8-6-9-7-8/h8-9H,3-7H2,1-2H3. The van der Waals surface area contributed by atoms with Crippen LogP contribution in [0.5, 0.6) is 0 Å². The van der Waals surface area contributed by atoms with E-state index in [9.17, 15) is 0 Å². The van der Waals surface area contributed by atoms with Crippen molar-refractivity contribution in [2.24, 2.45) is 0 Å². The summed E-state index contributed by atoms with van der Waals surface area (Å²) in [6, 6.07) is 0.826. The molecular formula is C8H18N2S. The van der Waals surface area contributed by atoms with Crippen LogP contribution in [-0.4, -0.2) is 49.1 Å². The quantitative estimate of drug-likeness (QED) is 0.658. The lowest BCUT2D eigenvalue weighted by Gasteiger charge is -2.37. The average Bonchev–Trinajstić information content (AvgIpc) is 1.93. The Hall–Kier alpha value is 0.270. The van der Waals surface area contributed by atoms with E-state index in [1.807, 2.05) is 11.8 Å². The van der Waals surface area contributed by atoms with E-state index in [1.165, 1.54) is 31.9 Å². The van der Waals surface area contributed by atoms with Gasteiger partial charge in [-0.25, -0.2) is 0 Å². The van der Waals surface area contributed by atoms with E-state index < -0.39 is 0 Å². The monoisotopic (exact) mass is 174 g/mol. The minimum atomic E-state index is 0.826. The summed E-state index contributed by atoms with van der Waals surface area (Å²) in [6.07, 6.45) is 2.17. The predicted molar refractivity (Wildman–Crippen MR) is 52.3 cm³/mol. The molecule has 0 aliphatic carbocycles. The third-order valence-electron chi connectivity index (χ3n) is 2.27. The number of hydrogen-bond acceptors (Lipinski definition) is 3. The molecule has 1 aliphatic rings. The van der Waals surface area contributed by atoms with Gasteiger partial charge in [0.1, 0.15) is 0 Å². The van der Waals surface area contributed by atoms with Gasteiger partial charge in [-0.15, -0.1) is 0 Å². The van der Waals surface area contributed by atoms with Gasteiger partial charge in [0.05, 0.1) is 0 Å². The van der Waals surface area contributed by atoms with Crippen LogP contribution in [0.15, 0.2) is 0 Å². The highest BCUT2D eigenvalue weighted by Crippen LogP contribution is 2.05. The zero-order valence-corrected chi connectivity index (χ0v) is 8.28. The molecule has 1 aliphatic heterocycles. The molecule has 11 heavy (non-hydrogen) atoms. The lowest BCUT2D eigenvalue weighted by molar-refractivity contribution is 0.162. The van der Waals surface area contributed by atoms with Crippen molar-refractivity contribution >= 4 is 11.8 Å². The summed E-state index contributed by atoms with van der Waals surface area (Å²) in [5, 5.41) is 3.30. The average molecular weight is 174 g/mol. The van der Waals surface area contributed by atoms with Crippen LogP contribution in [0.4, 0.5) is 0 Å². The molecule has 0 aromatic heterocycles. The molecule has 66 valence electrons. The molecule has 0 atom stereocenters. The number of likely N-dealkylation sites (N-methyl/N-ethyl adjacent to an activating group) is 1. The zero-order chi connectivity index (χ0) is 8.10. The molecule has 3 heteroatoms. The Bertz CT molecular complexity index is 104. The molecule has 0 saturated carbocycles. The summed E-state index contributed by atoms with van der Waals surface area (Å²) in [5.74, 6) is 1.27. The van der Waals surface area contributed by atoms with Gasteiger partial charge in [0.2, 0.25) is 0 Å². The highest BCUT2D eigenvalue weighted by Gasteiger charge is 2.22. The van der Waals surface area contributed by atoms with E-state index in [4.69, 9.17) is 0 Å². The Kier molecular flexibility index (Phi) is 4.26. The van der Waals surface area contributed by atoms with Gasteiger partial charge in [0, 0.05) is 31.4 Å². The smallest absolute Gasteiger partial charge is 0.0345 e. The van der Waals surface area contributed by atoms with Gasteiger partial charge in [-0.05, 0) is 12.8 Å². The first-order chi connectivity index (χ1) is 5.38. The predicted octanol–water partition coefficient (Wildman–Crippen LogP) is 0.643. The second-order valence-corrected chi connectivity index (χ2v) is 3.92. The van der Waals surface area contributed by atoms with Crippen molar-refractivity contribution in [1.82, 2.24) is 10.2 Å². The molecule has 1 rings (SSSR count). The number of hydrogen-bond donors (Lipinski definition) is 1. The van der Waals surface area contributed by atoms with Crippen molar-refractivity contribution in [3.63, 3.8) is 0 Å². The van der Waals surface area contributed by atoms with Crippen LogP contribution in [0, 0.1) is 0 Å². The summed E-state index contributed by atoms with van der Waals surface area (Å²) in [6.45, 7) is 7.10. The second-order valence-electron chi connectivity index (χ2n) is 2.93. The Morgan fingerprint density at radius 2 is 2.27 bits per heavy atom. The number of nitrogens with one attached hydrogen (secondary N) is 1. The minimum absolute atomic E-state index is 0.826. The summed E-state index contributed by atoms with van der Waals surface area (Å²) < 4.78 is 0. The maximum absolute atomic E-state index is 3.30. The van der Waals surface area contributed by atoms with Crippen molar-refractivity contribution in [1.29, 1.82) is 0 Å². The van der Waals surface area contributed by atoms with Gasteiger partial charge in [0.15, 0.2) is 0 Å². The van der Waals surface area contributed by atoms with Crippen LogP contribution in [0.2, 0.25) is 0 Å². The van der Waals surface area contributed by atoms with Crippen LogP contribution in [0.25, 0.3) is 0 Å². The lowest BCUT2D eigenvalue weighted by atomic mass is 10.1. The Morgan fingerprint density at radius 1 is 1.55 bits per heavy atom. The molecule has 0 bridgehead atoms. The van der Waals surface area contributed by atoms with Gasteiger partial charge >= 0.3 is 0 Å². The first kappa shape index (κ1) is 9.36. The van der Waals surface area contributed by atoms with Gasteiger partial charge in [-0.1, -0.05) is 6.92 Å². The number of nitrogens with zero attached hydrogens (tertiary/aromatic N) is 1. The molecule has 1 fully saturated rings. The number of thioether (sulfide) groups is 1. The van der Waals surface area contributed by atoms with Crippen LogP contribution in [0.3, 0.4) is 0 Å². The first-order valence-electron chi connectivity index (χ1n) is 4.32. The lowest BCUT2D eigenvalue weighted by Crippen LogP contribution is -2.57. The van der Waals surface area contributed by atoms with Crippen LogP contribution < -0.4 is 5.32 Å². The Balaban J connectivity index is 2.13. The summed E-state index contributed by atoms with van der Waals surface area (Å²) in [4.78, 5) is 2.56. The fourth-order valence-corrected chi connectivity index (χ4v) is 1.76. The van der Waals surface area contributed by atoms with Gasteiger partial charge in [-0.3, -0.25) is 4.90 Å².